The average molecular weight is 858 g/mol. The Morgan fingerprint density at radius 2 is 0.768 bits per heavy atom. The summed E-state index contributed by atoms with van der Waals surface area (Å²) in [5.74, 6) is -0.498. The van der Waals surface area contributed by atoms with Crippen LogP contribution in [0.5, 0.6) is 0 Å². The van der Waals surface area contributed by atoms with E-state index in [0.29, 0.717) is 24.6 Å². The van der Waals surface area contributed by atoms with Crippen molar-refractivity contribution in [2.45, 2.75) is 259 Å². The van der Waals surface area contributed by atoms with Crippen LogP contribution in [0.1, 0.15) is 253 Å². The predicted molar refractivity (Wildman–Crippen MR) is 244 cm³/mol. The lowest BCUT2D eigenvalue weighted by Crippen LogP contribution is -2.22. The van der Waals surface area contributed by atoms with Crippen molar-refractivity contribution < 1.29 is 28.6 Å². The number of hydrogen-bond donors (Lipinski definition) is 0. The molecule has 0 amide bonds. The SMILES string of the molecule is CC.CCCCCCCC/C=C\CCCCCCCC(=O)OCC(CBr)COC(=O)CCCCCCC(=O)OC(CCCCCCCC)CCCCCCCC. The van der Waals surface area contributed by atoms with Gasteiger partial charge in [-0.05, 0) is 70.6 Å². The van der Waals surface area contributed by atoms with E-state index in [2.05, 4.69) is 48.9 Å². The second-order valence-corrected chi connectivity index (χ2v) is 16.5. The summed E-state index contributed by atoms with van der Waals surface area (Å²) in [4.78, 5) is 37.2. The Morgan fingerprint density at radius 3 is 1.14 bits per heavy atom. The lowest BCUT2D eigenvalue weighted by Gasteiger charge is -2.18. The molecule has 56 heavy (non-hydrogen) atoms. The number of halogens is 1. The first-order valence-corrected chi connectivity index (χ1v) is 25.3. The Kier molecular flexibility index (Phi) is 48.6. The molecule has 7 heteroatoms. The van der Waals surface area contributed by atoms with Crippen LogP contribution >= 0.6 is 15.9 Å². The molecule has 0 saturated carbocycles. The van der Waals surface area contributed by atoms with Gasteiger partial charge in [-0.3, -0.25) is 14.4 Å². The summed E-state index contributed by atoms with van der Waals surface area (Å²) in [6, 6.07) is 0. The highest BCUT2D eigenvalue weighted by Gasteiger charge is 2.16. The van der Waals surface area contributed by atoms with Gasteiger partial charge in [0.15, 0.2) is 0 Å². The zero-order valence-corrected chi connectivity index (χ0v) is 39.4. The minimum Gasteiger partial charge on any atom is -0.465 e. The number of carbonyl (C=O) groups is 3. The van der Waals surface area contributed by atoms with Crippen LogP contribution in [0.3, 0.4) is 0 Å². The third-order valence-corrected chi connectivity index (χ3v) is 11.3. The maximum Gasteiger partial charge on any atom is 0.306 e. The molecule has 0 radical (unpaired) electrons. The zero-order chi connectivity index (χ0) is 41.6. The van der Waals surface area contributed by atoms with Gasteiger partial charge in [-0.15, -0.1) is 0 Å². The van der Waals surface area contributed by atoms with E-state index in [-0.39, 0.29) is 43.1 Å². The van der Waals surface area contributed by atoms with Crippen molar-refractivity contribution in [3.8, 4) is 0 Å². The van der Waals surface area contributed by atoms with E-state index in [9.17, 15) is 14.4 Å². The van der Waals surface area contributed by atoms with E-state index in [1.54, 1.807) is 0 Å². The van der Waals surface area contributed by atoms with E-state index in [0.717, 1.165) is 77.0 Å². The van der Waals surface area contributed by atoms with Crippen molar-refractivity contribution in [1.82, 2.24) is 0 Å². The van der Waals surface area contributed by atoms with E-state index >= 15 is 0 Å². The maximum absolute atomic E-state index is 12.6. The highest BCUT2D eigenvalue weighted by Crippen LogP contribution is 2.19. The third kappa shape index (κ3) is 43.7. The number of hydrogen-bond acceptors (Lipinski definition) is 6. The molecular formula is C49H93BrO6. The van der Waals surface area contributed by atoms with Gasteiger partial charge >= 0.3 is 17.9 Å². The van der Waals surface area contributed by atoms with Crippen LogP contribution in [0.2, 0.25) is 0 Å². The Bertz CT molecular complexity index is 846. The summed E-state index contributed by atoms with van der Waals surface area (Å²) in [7, 11) is 0. The van der Waals surface area contributed by atoms with Crippen LogP contribution in [0, 0.1) is 5.92 Å². The molecule has 6 nitrogen and oxygen atoms in total. The molecule has 1 atom stereocenters. The number of ether oxygens (including phenoxy) is 3. The summed E-state index contributed by atoms with van der Waals surface area (Å²) < 4.78 is 16.9. The van der Waals surface area contributed by atoms with Crippen molar-refractivity contribution in [2.75, 3.05) is 18.5 Å². The summed E-state index contributed by atoms with van der Waals surface area (Å²) in [6.45, 7) is 11.3. The first kappa shape index (κ1) is 56.7. The molecule has 0 fully saturated rings. The van der Waals surface area contributed by atoms with Crippen molar-refractivity contribution in [1.29, 1.82) is 0 Å². The minimum atomic E-state index is -0.216. The summed E-state index contributed by atoms with van der Waals surface area (Å²) in [5.41, 5.74) is 0. The summed E-state index contributed by atoms with van der Waals surface area (Å²) in [6.07, 6.45) is 42.4. The molecule has 0 aromatic heterocycles. The van der Waals surface area contributed by atoms with E-state index < -0.39 is 0 Å². The van der Waals surface area contributed by atoms with Gasteiger partial charge in [0.05, 0.1) is 13.2 Å². The van der Waals surface area contributed by atoms with Gasteiger partial charge in [0, 0.05) is 30.5 Å². The molecule has 332 valence electrons. The number of unbranched alkanes of at least 4 members (excludes halogenated alkanes) is 24. The highest BCUT2D eigenvalue weighted by atomic mass is 79.9. The van der Waals surface area contributed by atoms with Gasteiger partial charge in [0.25, 0.3) is 0 Å². The van der Waals surface area contributed by atoms with Crippen LogP contribution in [0.25, 0.3) is 0 Å². The van der Waals surface area contributed by atoms with Crippen molar-refractivity contribution >= 4 is 33.8 Å². The largest absolute Gasteiger partial charge is 0.465 e. The fourth-order valence-corrected chi connectivity index (χ4v) is 7.12. The van der Waals surface area contributed by atoms with Crippen LogP contribution in [-0.2, 0) is 28.6 Å². The van der Waals surface area contributed by atoms with Crippen molar-refractivity contribution in [3.05, 3.63) is 12.2 Å². The lowest BCUT2D eigenvalue weighted by atomic mass is 10.0. The Labute approximate surface area is 356 Å². The molecule has 0 aromatic carbocycles. The number of carbonyl (C=O) groups excluding carboxylic acids is 3. The maximum atomic E-state index is 12.6. The first-order chi connectivity index (χ1) is 27.5. The molecule has 0 N–H and O–H groups in total. The van der Waals surface area contributed by atoms with E-state index in [1.807, 2.05) is 13.8 Å². The molecule has 0 aliphatic heterocycles. The second kappa shape index (κ2) is 48.0. The molecule has 0 heterocycles. The average Bonchev–Trinajstić information content (AvgIpc) is 3.20. The number of allylic oxidation sites excluding steroid dienone is 2. The molecule has 0 bridgehead atoms. The van der Waals surface area contributed by atoms with Crippen molar-refractivity contribution in [3.63, 3.8) is 0 Å². The van der Waals surface area contributed by atoms with Gasteiger partial charge < -0.3 is 14.2 Å². The summed E-state index contributed by atoms with van der Waals surface area (Å²) >= 11 is 3.47. The lowest BCUT2D eigenvalue weighted by molar-refractivity contribution is -0.151. The Morgan fingerprint density at radius 1 is 0.446 bits per heavy atom. The Hall–Kier alpha value is -1.37. The van der Waals surface area contributed by atoms with Gasteiger partial charge in [-0.2, -0.15) is 0 Å². The predicted octanol–water partition coefficient (Wildman–Crippen LogP) is 15.9. The van der Waals surface area contributed by atoms with Crippen LogP contribution in [0.4, 0.5) is 0 Å². The van der Waals surface area contributed by atoms with E-state index in [4.69, 9.17) is 14.2 Å². The fraction of sp³-hybridized carbons (Fsp3) is 0.898. The molecule has 0 saturated heterocycles. The van der Waals surface area contributed by atoms with Crippen molar-refractivity contribution in [2.24, 2.45) is 5.92 Å². The number of rotatable bonds is 42. The second-order valence-electron chi connectivity index (χ2n) is 15.9. The van der Waals surface area contributed by atoms with Gasteiger partial charge in [0.1, 0.15) is 6.10 Å². The standard InChI is InChI=1S/C47H87BrO6.C2H6/c1-4-7-10-13-16-17-18-19-20-21-22-23-24-27-32-37-45(49)52-41-43(40-48)42-53-46(50)38-33-28-29-34-39-47(51)54-44(35-30-25-14-11-8-5-2)36-31-26-15-12-9-6-3;1-2/h19-20,43-44H,4-18,21-42H2,1-3H3;1-2H3/b20-19-;. The zero-order valence-electron chi connectivity index (χ0n) is 37.8. The molecule has 0 aliphatic rings. The summed E-state index contributed by atoms with van der Waals surface area (Å²) in [5, 5.41) is 0.607. The quantitative estimate of drug-likeness (QED) is 0.0200. The van der Waals surface area contributed by atoms with Gasteiger partial charge in [0.2, 0.25) is 0 Å². The highest BCUT2D eigenvalue weighted by molar-refractivity contribution is 9.09. The Balaban J connectivity index is 0. The normalized spacial score (nSPS) is 11.8. The van der Waals surface area contributed by atoms with Crippen LogP contribution < -0.4 is 0 Å². The first-order valence-electron chi connectivity index (χ1n) is 24.2. The molecule has 0 rings (SSSR count). The number of esters is 3. The van der Waals surface area contributed by atoms with Crippen LogP contribution in [0.15, 0.2) is 12.2 Å². The molecule has 1 unspecified atom stereocenters. The van der Waals surface area contributed by atoms with Gasteiger partial charge in [-0.1, -0.05) is 191 Å². The molecule has 0 aliphatic carbocycles. The van der Waals surface area contributed by atoms with Crippen LogP contribution in [-0.4, -0.2) is 42.6 Å². The number of alkyl halides is 1. The molecule has 0 spiro atoms. The van der Waals surface area contributed by atoms with Gasteiger partial charge in [-0.25, -0.2) is 0 Å². The molecule has 0 aromatic rings. The molecular weight excluding hydrogens is 764 g/mol. The topological polar surface area (TPSA) is 78.9 Å². The fourth-order valence-electron chi connectivity index (χ4n) is 6.75. The smallest absolute Gasteiger partial charge is 0.306 e. The third-order valence-electron chi connectivity index (χ3n) is 10.4. The minimum absolute atomic E-state index is 0.0519. The monoisotopic (exact) mass is 857 g/mol. The van der Waals surface area contributed by atoms with E-state index in [1.165, 1.54) is 122 Å².